The Labute approximate surface area is 167 Å². The van der Waals surface area contributed by atoms with E-state index in [-0.39, 0.29) is 0 Å². The molecule has 1 heterocycles. The van der Waals surface area contributed by atoms with Crippen LogP contribution in [0.3, 0.4) is 0 Å². The van der Waals surface area contributed by atoms with Crippen molar-refractivity contribution in [2.24, 2.45) is 10.1 Å². The topological polar surface area (TPSA) is 71.9 Å². The summed E-state index contributed by atoms with van der Waals surface area (Å²) in [5.41, 5.74) is 4.08. The molecule has 0 radical (unpaired) electrons. The lowest BCUT2D eigenvalue weighted by atomic mass is 10.1. The van der Waals surface area contributed by atoms with Gasteiger partial charge < -0.3 is 9.47 Å². The minimum Gasteiger partial charge on any atom is -0.497 e. The van der Waals surface area contributed by atoms with Gasteiger partial charge in [0.15, 0.2) is 0 Å². The van der Waals surface area contributed by atoms with E-state index in [0.29, 0.717) is 5.56 Å². The fraction of sp³-hybridized carbons (Fsp3) is 0.190. The van der Waals surface area contributed by atoms with Crippen LogP contribution >= 0.6 is 11.3 Å². The van der Waals surface area contributed by atoms with Crippen molar-refractivity contribution < 1.29 is 9.47 Å². The van der Waals surface area contributed by atoms with E-state index >= 15 is 0 Å². The van der Waals surface area contributed by atoms with Crippen molar-refractivity contribution in [2.45, 2.75) is 6.92 Å². The highest BCUT2D eigenvalue weighted by atomic mass is 32.1. The van der Waals surface area contributed by atoms with Gasteiger partial charge in [0.2, 0.25) is 4.80 Å². The average Bonchev–Trinajstić information content (AvgIpc) is 3.15. The monoisotopic (exact) mass is 392 g/mol. The Morgan fingerprint density at radius 1 is 1.11 bits per heavy atom. The van der Waals surface area contributed by atoms with Gasteiger partial charge in [-0.1, -0.05) is 12.1 Å². The van der Waals surface area contributed by atoms with Crippen molar-refractivity contribution in [1.82, 2.24) is 4.68 Å². The zero-order valence-corrected chi connectivity index (χ0v) is 16.9. The molecule has 142 valence electrons. The first-order chi connectivity index (χ1) is 13.6. The summed E-state index contributed by atoms with van der Waals surface area (Å²) in [6.45, 7) is 1.93. The van der Waals surface area contributed by atoms with E-state index in [9.17, 15) is 0 Å². The molecule has 0 fully saturated rings. The molecule has 6 nitrogen and oxygen atoms in total. The molecular formula is C21H20N4O2S. The Kier molecular flexibility index (Phi) is 5.92. The molecule has 0 saturated carbocycles. The molecule has 0 aliphatic rings. The molecule has 0 aliphatic carbocycles. The van der Waals surface area contributed by atoms with Crippen LogP contribution in [0.2, 0.25) is 0 Å². The first-order valence-electron chi connectivity index (χ1n) is 8.53. The fourth-order valence-electron chi connectivity index (χ4n) is 2.74. The summed E-state index contributed by atoms with van der Waals surface area (Å²) >= 11 is 1.50. The van der Waals surface area contributed by atoms with Crippen LogP contribution in [-0.4, -0.2) is 31.7 Å². The van der Waals surface area contributed by atoms with Gasteiger partial charge in [0.05, 0.1) is 37.3 Å². The number of hydrogen-bond donors (Lipinski definition) is 0. The fourth-order valence-corrected chi connectivity index (χ4v) is 3.53. The summed E-state index contributed by atoms with van der Waals surface area (Å²) < 4.78 is 12.7. The summed E-state index contributed by atoms with van der Waals surface area (Å²) in [7, 11) is 5.01. The van der Waals surface area contributed by atoms with Crippen LogP contribution < -0.4 is 14.3 Å². The van der Waals surface area contributed by atoms with Gasteiger partial charge in [0, 0.05) is 18.0 Å². The quantitative estimate of drug-likeness (QED) is 0.618. The van der Waals surface area contributed by atoms with E-state index in [1.165, 1.54) is 11.3 Å². The highest BCUT2D eigenvalue weighted by Crippen LogP contribution is 2.33. The molecule has 0 atom stereocenters. The number of hydrogen-bond acceptors (Lipinski definition) is 6. The number of aromatic nitrogens is 1. The van der Waals surface area contributed by atoms with E-state index in [4.69, 9.17) is 19.8 Å². The molecule has 0 bridgehead atoms. The Morgan fingerprint density at radius 2 is 1.86 bits per heavy atom. The molecular weight excluding hydrogens is 372 g/mol. The van der Waals surface area contributed by atoms with Gasteiger partial charge in [-0.05, 0) is 42.8 Å². The second kappa shape index (κ2) is 8.55. The molecule has 2 aromatic carbocycles. The Hall–Kier alpha value is -3.37. The molecule has 28 heavy (non-hydrogen) atoms. The van der Waals surface area contributed by atoms with Crippen LogP contribution in [-0.2, 0) is 0 Å². The molecule has 0 unspecified atom stereocenters. The number of methoxy groups -OCH3 is 2. The Balaban J connectivity index is 2.15. The Bertz CT molecular complexity index is 1120. The summed E-state index contributed by atoms with van der Waals surface area (Å²) in [5, 5.41) is 15.8. The van der Waals surface area contributed by atoms with E-state index in [1.807, 2.05) is 42.6 Å². The number of ether oxygens (including phenoxy) is 2. The highest BCUT2D eigenvalue weighted by molar-refractivity contribution is 7.07. The predicted octanol–water partition coefficient (Wildman–Crippen LogP) is 3.91. The minimum atomic E-state index is 0.616. The van der Waals surface area contributed by atoms with Crippen LogP contribution in [0.5, 0.6) is 11.5 Å². The van der Waals surface area contributed by atoms with Gasteiger partial charge in [-0.25, -0.2) is 4.68 Å². The zero-order valence-electron chi connectivity index (χ0n) is 16.1. The lowest BCUT2D eigenvalue weighted by Crippen LogP contribution is -2.14. The van der Waals surface area contributed by atoms with Crippen LogP contribution in [0.15, 0.2) is 57.9 Å². The third-order valence-corrected chi connectivity index (χ3v) is 5.15. The standard InChI is InChI=1S/C21H20N4O2S/c1-14(16-7-5-15(12-22)6-8-16)24-25-19(13-28-21(25)23-2)18-11-17(26-3)9-10-20(18)27-4/h5-11,13H,1-4H3/b23-21?,24-14+. The van der Waals surface area contributed by atoms with Crippen molar-refractivity contribution in [3.8, 4) is 28.8 Å². The molecule has 0 aliphatic heterocycles. The summed E-state index contributed by atoms with van der Waals surface area (Å²) in [6, 6.07) is 15.1. The lowest BCUT2D eigenvalue weighted by Gasteiger charge is -2.11. The first kappa shape index (κ1) is 19.4. The van der Waals surface area contributed by atoms with Gasteiger partial charge >= 0.3 is 0 Å². The smallest absolute Gasteiger partial charge is 0.205 e. The molecule has 1 aromatic heterocycles. The zero-order chi connectivity index (χ0) is 20.1. The minimum absolute atomic E-state index is 0.616. The lowest BCUT2D eigenvalue weighted by molar-refractivity contribution is 0.404. The number of benzene rings is 2. The maximum atomic E-state index is 8.98. The van der Waals surface area contributed by atoms with Crippen molar-refractivity contribution in [1.29, 1.82) is 5.26 Å². The van der Waals surface area contributed by atoms with E-state index in [2.05, 4.69) is 11.1 Å². The second-order valence-electron chi connectivity index (χ2n) is 5.88. The molecule has 0 spiro atoms. The molecule has 0 N–H and O–H groups in total. The van der Waals surface area contributed by atoms with Crippen molar-refractivity contribution in [2.75, 3.05) is 21.3 Å². The largest absolute Gasteiger partial charge is 0.497 e. The van der Waals surface area contributed by atoms with Gasteiger partial charge in [0.1, 0.15) is 11.5 Å². The molecule has 7 heteroatoms. The maximum Gasteiger partial charge on any atom is 0.205 e. The van der Waals surface area contributed by atoms with Crippen LogP contribution in [0.4, 0.5) is 0 Å². The number of nitriles is 1. The van der Waals surface area contributed by atoms with Gasteiger partial charge in [-0.15, -0.1) is 11.3 Å². The Morgan fingerprint density at radius 3 is 2.46 bits per heavy atom. The summed E-state index contributed by atoms with van der Waals surface area (Å²) in [5.74, 6) is 1.46. The van der Waals surface area contributed by atoms with Crippen molar-refractivity contribution >= 4 is 17.0 Å². The van der Waals surface area contributed by atoms with Crippen LogP contribution in [0, 0.1) is 11.3 Å². The van der Waals surface area contributed by atoms with Crippen molar-refractivity contribution in [3.05, 3.63) is 63.8 Å². The number of thiazole rings is 1. The molecule has 0 saturated heterocycles. The third-order valence-electron chi connectivity index (χ3n) is 4.24. The van der Waals surface area contributed by atoms with E-state index in [0.717, 1.165) is 38.8 Å². The molecule has 3 rings (SSSR count). The summed E-state index contributed by atoms with van der Waals surface area (Å²) in [6.07, 6.45) is 0. The first-order valence-corrected chi connectivity index (χ1v) is 9.41. The summed E-state index contributed by atoms with van der Waals surface area (Å²) in [4.78, 5) is 5.11. The molecule has 3 aromatic rings. The maximum absolute atomic E-state index is 8.98. The van der Waals surface area contributed by atoms with Crippen molar-refractivity contribution in [3.63, 3.8) is 0 Å². The normalized spacial score (nSPS) is 12.0. The number of rotatable bonds is 5. The van der Waals surface area contributed by atoms with Gasteiger partial charge in [0.25, 0.3) is 0 Å². The van der Waals surface area contributed by atoms with Crippen LogP contribution in [0.1, 0.15) is 18.1 Å². The van der Waals surface area contributed by atoms with Gasteiger partial charge in [-0.2, -0.15) is 10.4 Å². The SMILES string of the molecule is CN=c1scc(-c2cc(OC)ccc2OC)n1/N=C(\C)c1ccc(C#N)cc1. The molecule has 0 amide bonds. The predicted molar refractivity (Wildman–Crippen MR) is 111 cm³/mol. The second-order valence-corrected chi connectivity index (χ2v) is 6.72. The van der Waals surface area contributed by atoms with E-state index in [1.54, 1.807) is 38.1 Å². The highest BCUT2D eigenvalue weighted by Gasteiger charge is 2.14. The van der Waals surface area contributed by atoms with Crippen LogP contribution in [0.25, 0.3) is 11.3 Å². The van der Waals surface area contributed by atoms with E-state index < -0.39 is 0 Å². The number of nitrogens with zero attached hydrogens (tertiary/aromatic N) is 4. The van der Waals surface area contributed by atoms with Gasteiger partial charge in [-0.3, -0.25) is 4.99 Å². The third kappa shape index (κ3) is 3.82. The average molecular weight is 392 g/mol.